The third-order valence-corrected chi connectivity index (χ3v) is 5.51. The number of nitrogens with one attached hydrogen (secondary N) is 1. The van der Waals surface area contributed by atoms with Crippen LogP contribution in [0.15, 0.2) is 47.5 Å². The average Bonchev–Trinajstić information content (AvgIpc) is 2.90. The van der Waals surface area contributed by atoms with E-state index in [0.717, 1.165) is 15.9 Å². The lowest BCUT2D eigenvalue weighted by Gasteiger charge is -2.16. The molecule has 0 spiro atoms. The van der Waals surface area contributed by atoms with Gasteiger partial charge in [0.1, 0.15) is 5.82 Å². The molecular weight excluding hydrogens is 415 g/mol. The van der Waals surface area contributed by atoms with Gasteiger partial charge in [0.25, 0.3) is 0 Å². The maximum Gasteiger partial charge on any atom is 0.417 e. The topological polar surface area (TPSA) is 62.3 Å². The van der Waals surface area contributed by atoms with Gasteiger partial charge in [-0.3, -0.25) is 14.5 Å². The number of hydrogen-bond acceptors (Lipinski definition) is 5. The van der Waals surface area contributed by atoms with Gasteiger partial charge in [0.15, 0.2) is 0 Å². The first-order valence-electron chi connectivity index (χ1n) is 8.28. The zero-order valence-electron chi connectivity index (χ0n) is 14.4. The van der Waals surface area contributed by atoms with Crippen molar-refractivity contribution < 1.29 is 22.8 Å². The lowest BCUT2D eigenvalue weighted by molar-refractivity contribution is -0.139. The number of amides is 2. The minimum absolute atomic E-state index is 0.0592. The van der Waals surface area contributed by atoms with Gasteiger partial charge in [0.05, 0.1) is 15.8 Å². The number of imide groups is 1. The maximum atomic E-state index is 12.6. The van der Waals surface area contributed by atoms with Gasteiger partial charge in [-0.15, -0.1) is 11.8 Å². The van der Waals surface area contributed by atoms with E-state index in [4.69, 9.17) is 11.6 Å². The molecule has 1 N–H and O–H groups in total. The first-order valence-corrected chi connectivity index (χ1v) is 9.54. The van der Waals surface area contributed by atoms with Gasteiger partial charge in [-0.1, -0.05) is 29.8 Å². The Morgan fingerprint density at radius 2 is 1.96 bits per heavy atom. The fourth-order valence-electron chi connectivity index (χ4n) is 2.65. The quantitative estimate of drug-likeness (QED) is 0.701. The number of thioether (sulfide) groups is 1. The Morgan fingerprint density at radius 1 is 1.25 bits per heavy atom. The number of rotatable bonds is 6. The Balaban J connectivity index is 1.56. The van der Waals surface area contributed by atoms with Gasteiger partial charge in [-0.2, -0.15) is 13.2 Å². The molecule has 2 amide bonds. The first-order chi connectivity index (χ1) is 13.3. The molecule has 1 aromatic carbocycles. The normalized spacial score (nSPS) is 17.3. The van der Waals surface area contributed by atoms with Crippen LogP contribution in [0.4, 0.5) is 19.0 Å². The minimum atomic E-state index is -4.53. The van der Waals surface area contributed by atoms with Crippen LogP contribution in [0.1, 0.15) is 12.0 Å². The third kappa shape index (κ3) is 4.77. The zero-order valence-corrected chi connectivity index (χ0v) is 15.9. The number of pyridine rings is 1. The van der Waals surface area contributed by atoms with E-state index in [9.17, 15) is 22.8 Å². The Bertz CT molecular complexity index is 880. The van der Waals surface area contributed by atoms with Gasteiger partial charge in [-0.05, 0) is 18.2 Å². The number of nitrogens with zero attached hydrogens (tertiary/aromatic N) is 2. The second-order valence-electron chi connectivity index (χ2n) is 5.99. The highest BCUT2D eigenvalue weighted by Gasteiger charge is 2.38. The van der Waals surface area contributed by atoms with Crippen molar-refractivity contribution >= 4 is 41.0 Å². The second-order valence-corrected chi connectivity index (χ2v) is 7.67. The van der Waals surface area contributed by atoms with Crippen molar-refractivity contribution in [2.45, 2.75) is 22.7 Å². The molecule has 0 aliphatic carbocycles. The van der Waals surface area contributed by atoms with Gasteiger partial charge >= 0.3 is 6.18 Å². The smallest absolute Gasteiger partial charge is 0.367 e. The number of halogens is 4. The SMILES string of the molecule is O=C1CC(Sc2ccccc2)C(=O)N1CCNc1ncc(C(F)(F)F)cc1Cl. The van der Waals surface area contributed by atoms with Gasteiger partial charge in [-0.25, -0.2) is 4.98 Å². The number of carbonyl (C=O) groups excluding carboxylic acids is 2. The molecule has 1 atom stereocenters. The second kappa shape index (κ2) is 8.40. The van der Waals surface area contributed by atoms with E-state index in [-0.39, 0.29) is 42.2 Å². The zero-order chi connectivity index (χ0) is 20.3. The van der Waals surface area contributed by atoms with Crippen LogP contribution < -0.4 is 5.32 Å². The van der Waals surface area contributed by atoms with Crippen molar-refractivity contribution in [3.8, 4) is 0 Å². The molecule has 1 unspecified atom stereocenters. The van der Waals surface area contributed by atoms with Gasteiger partial charge in [0.2, 0.25) is 11.8 Å². The van der Waals surface area contributed by atoms with Crippen LogP contribution in [0.3, 0.4) is 0 Å². The van der Waals surface area contributed by atoms with Crippen molar-refractivity contribution in [1.29, 1.82) is 0 Å². The summed E-state index contributed by atoms with van der Waals surface area (Å²) in [6.45, 7) is 0.195. The predicted molar refractivity (Wildman–Crippen MR) is 100 cm³/mol. The van der Waals surface area contributed by atoms with E-state index >= 15 is 0 Å². The largest absolute Gasteiger partial charge is 0.417 e. The summed E-state index contributed by atoms with van der Waals surface area (Å²) in [5.74, 6) is -0.511. The molecule has 28 heavy (non-hydrogen) atoms. The van der Waals surface area contributed by atoms with Crippen LogP contribution in [0.5, 0.6) is 0 Å². The molecule has 2 aromatic rings. The molecule has 0 saturated carbocycles. The highest BCUT2D eigenvalue weighted by Crippen LogP contribution is 2.33. The summed E-state index contributed by atoms with van der Waals surface area (Å²) in [7, 11) is 0. The molecule has 2 heterocycles. The van der Waals surface area contributed by atoms with E-state index in [0.29, 0.717) is 6.20 Å². The Morgan fingerprint density at radius 3 is 2.61 bits per heavy atom. The van der Waals surface area contributed by atoms with Crippen molar-refractivity contribution in [3.05, 3.63) is 53.2 Å². The third-order valence-electron chi connectivity index (χ3n) is 4.02. The van der Waals surface area contributed by atoms with Crippen LogP contribution in [0.25, 0.3) is 0 Å². The van der Waals surface area contributed by atoms with Crippen LogP contribution in [0.2, 0.25) is 5.02 Å². The summed E-state index contributed by atoms with van der Waals surface area (Å²) in [6.07, 6.45) is -3.75. The molecule has 0 radical (unpaired) electrons. The average molecular weight is 430 g/mol. The summed E-state index contributed by atoms with van der Waals surface area (Å²) >= 11 is 7.16. The fraction of sp³-hybridized carbons (Fsp3) is 0.278. The minimum Gasteiger partial charge on any atom is -0.367 e. The number of anilines is 1. The highest BCUT2D eigenvalue weighted by molar-refractivity contribution is 8.00. The van der Waals surface area contributed by atoms with E-state index in [1.165, 1.54) is 11.8 Å². The van der Waals surface area contributed by atoms with Gasteiger partial charge < -0.3 is 5.32 Å². The summed E-state index contributed by atoms with van der Waals surface area (Å²) in [4.78, 5) is 30.3. The molecule has 148 valence electrons. The highest BCUT2D eigenvalue weighted by atomic mass is 35.5. The number of alkyl halides is 3. The van der Waals surface area contributed by atoms with Crippen molar-refractivity contribution in [2.75, 3.05) is 18.4 Å². The molecular formula is C18H15ClF3N3O2S. The lowest BCUT2D eigenvalue weighted by Crippen LogP contribution is -2.35. The number of likely N-dealkylation sites (tertiary alicyclic amines) is 1. The summed E-state index contributed by atoms with van der Waals surface area (Å²) in [6, 6.07) is 10.1. The van der Waals surface area contributed by atoms with Crippen molar-refractivity contribution in [3.63, 3.8) is 0 Å². The molecule has 0 bridgehead atoms. The molecule has 10 heteroatoms. The monoisotopic (exact) mass is 429 g/mol. The van der Waals surface area contributed by atoms with Crippen LogP contribution in [-0.2, 0) is 15.8 Å². The Labute approximate surface area is 168 Å². The molecule has 5 nitrogen and oxygen atoms in total. The van der Waals surface area contributed by atoms with E-state index < -0.39 is 17.0 Å². The lowest BCUT2D eigenvalue weighted by atomic mass is 10.3. The standard InChI is InChI=1S/C18H15ClF3N3O2S/c19-13-8-11(18(20,21)22)10-24-16(13)23-6-7-25-15(26)9-14(17(25)27)28-12-4-2-1-3-5-12/h1-5,8,10,14H,6-7,9H2,(H,23,24). The van der Waals surface area contributed by atoms with E-state index in [1.807, 2.05) is 30.3 Å². The van der Waals surface area contributed by atoms with E-state index in [2.05, 4.69) is 10.3 Å². The fourth-order valence-corrected chi connectivity index (χ4v) is 3.98. The molecule has 1 fully saturated rings. The number of carbonyl (C=O) groups is 2. The maximum absolute atomic E-state index is 12.6. The molecule has 1 aromatic heterocycles. The molecule has 3 rings (SSSR count). The summed E-state index contributed by atoms with van der Waals surface area (Å²) in [5.41, 5.74) is -0.950. The van der Waals surface area contributed by atoms with Crippen LogP contribution >= 0.6 is 23.4 Å². The number of benzene rings is 1. The summed E-state index contributed by atoms with van der Waals surface area (Å²) < 4.78 is 37.9. The Kier molecular flexibility index (Phi) is 6.14. The predicted octanol–water partition coefficient (Wildman–Crippen LogP) is 4.09. The molecule has 1 aliphatic heterocycles. The first kappa shape index (κ1) is 20.5. The van der Waals surface area contributed by atoms with Crippen LogP contribution in [-0.4, -0.2) is 40.0 Å². The van der Waals surface area contributed by atoms with Gasteiger partial charge in [0, 0.05) is 30.6 Å². The molecule has 1 saturated heterocycles. The molecule has 1 aliphatic rings. The van der Waals surface area contributed by atoms with Crippen molar-refractivity contribution in [1.82, 2.24) is 9.88 Å². The van der Waals surface area contributed by atoms with Crippen LogP contribution in [0, 0.1) is 0 Å². The number of hydrogen-bond donors (Lipinski definition) is 1. The number of aromatic nitrogens is 1. The Hall–Kier alpha value is -2.26. The van der Waals surface area contributed by atoms with E-state index in [1.54, 1.807) is 0 Å². The summed E-state index contributed by atoms with van der Waals surface area (Å²) in [5, 5.41) is 2.09. The van der Waals surface area contributed by atoms with Crippen molar-refractivity contribution in [2.24, 2.45) is 0 Å².